The van der Waals surface area contributed by atoms with Gasteiger partial charge < -0.3 is 14.5 Å². The van der Waals surface area contributed by atoms with Crippen LogP contribution in [0.15, 0.2) is 62.4 Å². The largest absolute Gasteiger partial charge is 0.462 e. The van der Waals surface area contributed by atoms with Crippen LogP contribution in [0.1, 0.15) is 27.6 Å². The first-order chi connectivity index (χ1) is 14.1. The molecule has 4 rings (SSSR count). The maximum absolute atomic E-state index is 12.8. The molecule has 0 radical (unpaired) electrons. The SMILES string of the molecule is CCOC(=O)c1c(-c2cccs2)csc1NC(=O)c1cc2ccccc2oc1=O. The summed E-state index contributed by atoms with van der Waals surface area (Å²) in [5.41, 5.74) is 0.484. The highest BCUT2D eigenvalue weighted by Gasteiger charge is 2.24. The first-order valence-corrected chi connectivity index (χ1v) is 10.5. The highest BCUT2D eigenvalue weighted by Crippen LogP contribution is 2.38. The first-order valence-electron chi connectivity index (χ1n) is 8.75. The van der Waals surface area contributed by atoms with Gasteiger partial charge in [0.25, 0.3) is 5.91 Å². The molecule has 0 aliphatic carbocycles. The number of hydrogen-bond acceptors (Lipinski definition) is 7. The van der Waals surface area contributed by atoms with E-state index in [-0.39, 0.29) is 17.7 Å². The third-order valence-electron chi connectivity index (χ3n) is 4.17. The number of rotatable bonds is 5. The molecule has 146 valence electrons. The zero-order valence-corrected chi connectivity index (χ0v) is 16.9. The van der Waals surface area contributed by atoms with Gasteiger partial charge in [-0.05, 0) is 30.5 Å². The average Bonchev–Trinajstić information content (AvgIpc) is 3.37. The normalized spacial score (nSPS) is 10.8. The molecule has 0 atom stereocenters. The Bertz CT molecular complexity index is 1250. The second kappa shape index (κ2) is 8.02. The molecule has 3 aromatic heterocycles. The smallest absolute Gasteiger partial charge is 0.349 e. The Morgan fingerprint density at radius 1 is 1.14 bits per heavy atom. The molecule has 0 aliphatic rings. The van der Waals surface area contributed by atoms with Gasteiger partial charge in [-0.2, -0.15) is 0 Å². The molecule has 29 heavy (non-hydrogen) atoms. The topological polar surface area (TPSA) is 85.6 Å². The minimum atomic E-state index is -0.742. The summed E-state index contributed by atoms with van der Waals surface area (Å²) in [6, 6.07) is 12.2. The molecule has 0 saturated carbocycles. The van der Waals surface area contributed by atoms with Crippen LogP contribution in [0, 0.1) is 0 Å². The Balaban J connectivity index is 1.72. The van der Waals surface area contributed by atoms with Crippen LogP contribution in [0.2, 0.25) is 0 Å². The Kier molecular flexibility index (Phi) is 5.28. The second-order valence-corrected chi connectivity index (χ2v) is 7.82. The van der Waals surface area contributed by atoms with Crippen molar-refractivity contribution in [1.82, 2.24) is 0 Å². The van der Waals surface area contributed by atoms with Gasteiger partial charge in [0.2, 0.25) is 0 Å². The van der Waals surface area contributed by atoms with Crippen molar-refractivity contribution in [2.24, 2.45) is 0 Å². The molecule has 0 spiro atoms. The molecular weight excluding hydrogens is 410 g/mol. The molecule has 6 nitrogen and oxygen atoms in total. The van der Waals surface area contributed by atoms with Gasteiger partial charge in [-0.25, -0.2) is 9.59 Å². The number of para-hydroxylation sites is 1. The van der Waals surface area contributed by atoms with Crippen molar-refractivity contribution in [2.45, 2.75) is 6.92 Å². The summed E-state index contributed by atoms with van der Waals surface area (Å²) >= 11 is 2.68. The molecule has 0 aliphatic heterocycles. The van der Waals surface area contributed by atoms with Crippen LogP contribution in [0.3, 0.4) is 0 Å². The van der Waals surface area contributed by atoms with Crippen molar-refractivity contribution in [1.29, 1.82) is 0 Å². The number of carbonyl (C=O) groups is 2. The fourth-order valence-corrected chi connectivity index (χ4v) is 4.63. The fraction of sp³-hybridized carbons (Fsp3) is 0.0952. The summed E-state index contributed by atoms with van der Waals surface area (Å²) in [7, 11) is 0. The van der Waals surface area contributed by atoms with Crippen molar-refractivity contribution in [3.05, 3.63) is 74.8 Å². The van der Waals surface area contributed by atoms with Gasteiger partial charge in [0, 0.05) is 21.2 Å². The zero-order chi connectivity index (χ0) is 20.4. The average molecular weight is 425 g/mol. The number of carbonyl (C=O) groups excluding carboxylic acids is 2. The molecular formula is C21H15NO5S2. The van der Waals surface area contributed by atoms with Crippen molar-refractivity contribution in [2.75, 3.05) is 11.9 Å². The van der Waals surface area contributed by atoms with E-state index < -0.39 is 17.5 Å². The number of hydrogen-bond donors (Lipinski definition) is 1. The number of amides is 1. The molecule has 4 aromatic rings. The van der Waals surface area contributed by atoms with E-state index in [4.69, 9.17) is 9.15 Å². The highest BCUT2D eigenvalue weighted by atomic mass is 32.1. The lowest BCUT2D eigenvalue weighted by Gasteiger charge is -2.08. The predicted octanol–water partition coefficient (Wildman–Crippen LogP) is 5.01. The van der Waals surface area contributed by atoms with Gasteiger partial charge in [-0.3, -0.25) is 4.79 Å². The number of benzene rings is 1. The summed E-state index contributed by atoms with van der Waals surface area (Å²) in [5, 5.41) is 7.33. The van der Waals surface area contributed by atoms with Crippen molar-refractivity contribution in [3.63, 3.8) is 0 Å². The van der Waals surface area contributed by atoms with E-state index in [0.29, 0.717) is 21.5 Å². The summed E-state index contributed by atoms with van der Waals surface area (Å²) < 4.78 is 10.4. The minimum Gasteiger partial charge on any atom is -0.462 e. The number of thiophene rings is 2. The zero-order valence-electron chi connectivity index (χ0n) is 15.3. The third kappa shape index (κ3) is 3.72. The summed E-state index contributed by atoms with van der Waals surface area (Å²) in [6.45, 7) is 1.92. The van der Waals surface area contributed by atoms with Crippen LogP contribution in [0.5, 0.6) is 0 Å². The lowest BCUT2D eigenvalue weighted by atomic mass is 10.1. The highest BCUT2D eigenvalue weighted by molar-refractivity contribution is 7.17. The van der Waals surface area contributed by atoms with Gasteiger partial charge in [-0.15, -0.1) is 22.7 Å². The van der Waals surface area contributed by atoms with E-state index in [1.807, 2.05) is 17.5 Å². The number of ether oxygens (including phenoxy) is 1. The lowest BCUT2D eigenvalue weighted by molar-refractivity contribution is 0.0529. The molecule has 8 heteroatoms. The molecule has 0 fully saturated rings. The van der Waals surface area contributed by atoms with Gasteiger partial charge in [0.1, 0.15) is 21.7 Å². The molecule has 1 N–H and O–H groups in total. The maximum Gasteiger partial charge on any atom is 0.349 e. The standard InChI is InChI=1S/C21H15NO5S2/c1-2-26-21(25)17-14(16-8-5-9-28-16)11-29-19(17)22-18(23)13-10-12-6-3-4-7-15(12)27-20(13)24/h3-11H,2H2,1H3,(H,22,23). The van der Waals surface area contributed by atoms with Crippen LogP contribution in [-0.2, 0) is 4.74 Å². The second-order valence-electron chi connectivity index (χ2n) is 5.99. The van der Waals surface area contributed by atoms with E-state index in [2.05, 4.69) is 5.32 Å². The third-order valence-corrected chi connectivity index (χ3v) is 5.97. The lowest BCUT2D eigenvalue weighted by Crippen LogP contribution is -2.21. The Labute approximate surface area is 173 Å². The van der Waals surface area contributed by atoms with Crippen LogP contribution in [0.4, 0.5) is 5.00 Å². The van der Waals surface area contributed by atoms with Crippen molar-refractivity contribution >= 4 is 50.5 Å². The van der Waals surface area contributed by atoms with Crippen LogP contribution < -0.4 is 10.9 Å². The van der Waals surface area contributed by atoms with Gasteiger partial charge >= 0.3 is 11.6 Å². The van der Waals surface area contributed by atoms with Gasteiger partial charge in [0.15, 0.2) is 0 Å². The summed E-state index contributed by atoms with van der Waals surface area (Å²) in [6.07, 6.45) is 0. The van der Waals surface area contributed by atoms with E-state index in [1.54, 1.807) is 36.6 Å². The summed E-state index contributed by atoms with van der Waals surface area (Å²) in [5.74, 6) is -1.17. The van der Waals surface area contributed by atoms with Gasteiger partial charge in [-0.1, -0.05) is 24.3 Å². The van der Waals surface area contributed by atoms with Crippen molar-refractivity contribution in [3.8, 4) is 10.4 Å². The Morgan fingerprint density at radius 2 is 1.97 bits per heavy atom. The molecule has 1 aromatic carbocycles. The van der Waals surface area contributed by atoms with E-state index in [1.165, 1.54) is 28.7 Å². The molecule has 3 heterocycles. The minimum absolute atomic E-state index is 0.135. The van der Waals surface area contributed by atoms with Crippen LogP contribution in [0.25, 0.3) is 21.4 Å². The van der Waals surface area contributed by atoms with Crippen molar-refractivity contribution < 1.29 is 18.7 Å². The first kappa shape index (κ1) is 19.1. The number of anilines is 1. The Morgan fingerprint density at radius 3 is 2.72 bits per heavy atom. The number of nitrogens with one attached hydrogen (secondary N) is 1. The number of esters is 1. The monoisotopic (exact) mass is 425 g/mol. The quantitative estimate of drug-likeness (QED) is 0.359. The van der Waals surface area contributed by atoms with Crippen LogP contribution >= 0.6 is 22.7 Å². The molecule has 1 amide bonds. The predicted molar refractivity (Wildman–Crippen MR) is 114 cm³/mol. The van der Waals surface area contributed by atoms with E-state index >= 15 is 0 Å². The van der Waals surface area contributed by atoms with E-state index in [9.17, 15) is 14.4 Å². The Hall–Kier alpha value is -3.23. The molecule has 0 unspecified atom stereocenters. The maximum atomic E-state index is 12.8. The number of fused-ring (bicyclic) bond motifs is 1. The molecule has 0 bridgehead atoms. The van der Waals surface area contributed by atoms with Gasteiger partial charge in [0.05, 0.1) is 6.61 Å². The molecule has 0 saturated heterocycles. The fourth-order valence-electron chi connectivity index (χ4n) is 2.86. The summed E-state index contributed by atoms with van der Waals surface area (Å²) in [4.78, 5) is 38.5. The van der Waals surface area contributed by atoms with E-state index in [0.717, 1.165) is 4.88 Å². The van der Waals surface area contributed by atoms with Crippen LogP contribution in [-0.4, -0.2) is 18.5 Å².